The van der Waals surface area contributed by atoms with Gasteiger partial charge in [-0.3, -0.25) is 4.79 Å². The van der Waals surface area contributed by atoms with Gasteiger partial charge in [-0.2, -0.15) is 8.42 Å². The van der Waals surface area contributed by atoms with Crippen molar-refractivity contribution in [3.63, 3.8) is 0 Å². The Morgan fingerprint density at radius 2 is 1.74 bits per heavy atom. The number of allylic oxidation sites excluding steroid dienone is 1. The lowest BCUT2D eigenvalue weighted by molar-refractivity contribution is 0.104. The number of nitrogens with one attached hydrogen (secondary N) is 1. The molecule has 27 heavy (non-hydrogen) atoms. The number of sulfonamides is 1. The van der Waals surface area contributed by atoms with Gasteiger partial charge in [0.2, 0.25) is 5.96 Å². The maximum absolute atomic E-state index is 12.1. The van der Waals surface area contributed by atoms with Crippen LogP contribution in [0.2, 0.25) is 0 Å². The molecule has 2 aromatic carbocycles. The predicted molar refractivity (Wildman–Crippen MR) is 104 cm³/mol. The molecule has 0 amide bonds. The van der Waals surface area contributed by atoms with E-state index in [2.05, 4.69) is 9.71 Å². The molecule has 2 aromatic rings. The van der Waals surface area contributed by atoms with E-state index < -0.39 is 16.0 Å². The molecule has 8 nitrogen and oxygen atoms in total. The lowest BCUT2D eigenvalue weighted by Gasteiger charge is -2.04. The molecule has 5 N–H and O–H groups in total. The lowest BCUT2D eigenvalue weighted by atomic mass is 10.1. The van der Waals surface area contributed by atoms with Crippen LogP contribution in [0.25, 0.3) is 0 Å². The Morgan fingerprint density at radius 1 is 1.11 bits per heavy atom. The minimum Gasteiger partial charge on any atom is -0.494 e. The summed E-state index contributed by atoms with van der Waals surface area (Å²) in [7, 11) is -3.93. The zero-order chi connectivity index (χ0) is 19.9. The standard InChI is InChI=1S/C18H20N4O4S/c1-2-26-15-7-3-13(4-8-15)17(23)11-12-21-14-5-9-16(10-6-14)27(24,25)22-18(19)20/h3-12,21H,2H2,1H3,(H4,19,20,22). The van der Waals surface area contributed by atoms with E-state index in [4.69, 9.17) is 16.2 Å². The summed E-state index contributed by atoms with van der Waals surface area (Å²) in [5.41, 5.74) is 11.3. The molecule has 0 bridgehead atoms. The van der Waals surface area contributed by atoms with Crippen LogP contribution in [0.3, 0.4) is 0 Å². The summed E-state index contributed by atoms with van der Waals surface area (Å²) in [6.45, 7) is 2.44. The monoisotopic (exact) mass is 388 g/mol. The zero-order valence-electron chi connectivity index (χ0n) is 14.6. The first-order valence-electron chi connectivity index (χ1n) is 7.98. The quantitative estimate of drug-likeness (QED) is 0.272. The Balaban J connectivity index is 1.99. The highest BCUT2D eigenvalue weighted by molar-refractivity contribution is 7.90. The third-order valence-electron chi connectivity index (χ3n) is 3.31. The molecule has 0 aliphatic rings. The number of carbonyl (C=O) groups excluding carboxylic acids is 1. The summed E-state index contributed by atoms with van der Waals surface area (Å²) >= 11 is 0. The molecule has 2 rings (SSSR count). The molecule has 0 aliphatic heterocycles. The SMILES string of the molecule is CCOc1ccc(C(=O)C=CNc2ccc(S(=O)(=O)N=C(N)N)cc2)cc1. The van der Waals surface area contributed by atoms with Crippen molar-refractivity contribution in [1.82, 2.24) is 0 Å². The highest BCUT2D eigenvalue weighted by atomic mass is 32.2. The van der Waals surface area contributed by atoms with E-state index in [1.54, 1.807) is 24.3 Å². The van der Waals surface area contributed by atoms with Crippen LogP contribution in [-0.2, 0) is 10.0 Å². The van der Waals surface area contributed by atoms with E-state index in [0.717, 1.165) is 0 Å². The Kier molecular flexibility index (Phi) is 6.56. The van der Waals surface area contributed by atoms with Gasteiger partial charge >= 0.3 is 0 Å². The first kappa shape index (κ1) is 20.0. The van der Waals surface area contributed by atoms with Gasteiger partial charge in [0.25, 0.3) is 10.0 Å². The molecule has 142 valence electrons. The molecule has 0 unspecified atom stereocenters. The summed E-state index contributed by atoms with van der Waals surface area (Å²) in [5.74, 6) is -0.0163. The summed E-state index contributed by atoms with van der Waals surface area (Å²) in [6.07, 6.45) is 2.85. The van der Waals surface area contributed by atoms with Gasteiger partial charge in [0.05, 0.1) is 11.5 Å². The Morgan fingerprint density at radius 3 is 2.30 bits per heavy atom. The second-order valence-corrected chi connectivity index (χ2v) is 6.92. The number of guanidine groups is 1. The van der Waals surface area contributed by atoms with E-state index in [9.17, 15) is 13.2 Å². The van der Waals surface area contributed by atoms with Gasteiger partial charge in [-0.15, -0.1) is 4.40 Å². The number of ketones is 1. The average molecular weight is 388 g/mol. The summed E-state index contributed by atoms with van der Waals surface area (Å²) in [4.78, 5) is 12.1. The van der Waals surface area contributed by atoms with Crippen molar-refractivity contribution in [3.8, 4) is 5.75 Å². The topological polar surface area (TPSA) is 137 Å². The van der Waals surface area contributed by atoms with Crippen LogP contribution in [0.5, 0.6) is 5.75 Å². The highest BCUT2D eigenvalue weighted by Gasteiger charge is 2.12. The smallest absolute Gasteiger partial charge is 0.285 e. The van der Waals surface area contributed by atoms with E-state index in [1.165, 1.54) is 36.5 Å². The van der Waals surface area contributed by atoms with Crippen molar-refractivity contribution in [3.05, 3.63) is 66.4 Å². The van der Waals surface area contributed by atoms with Crippen LogP contribution < -0.4 is 21.5 Å². The fourth-order valence-electron chi connectivity index (χ4n) is 2.11. The number of benzene rings is 2. The minimum absolute atomic E-state index is 0.0455. The number of anilines is 1. The molecule has 9 heteroatoms. The summed E-state index contributed by atoms with van der Waals surface area (Å²) < 4.78 is 32.2. The van der Waals surface area contributed by atoms with Gasteiger partial charge in [0.15, 0.2) is 5.78 Å². The van der Waals surface area contributed by atoms with Crippen LogP contribution >= 0.6 is 0 Å². The van der Waals surface area contributed by atoms with Crippen molar-refractivity contribution < 1.29 is 17.9 Å². The number of nitrogens with zero attached hydrogens (tertiary/aromatic N) is 1. The molecule has 0 aromatic heterocycles. The maximum Gasteiger partial charge on any atom is 0.285 e. The number of nitrogens with two attached hydrogens (primary N) is 2. The van der Waals surface area contributed by atoms with Gasteiger partial charge in [-0.05, 0) is 55.5 Å². The van der Waals surface area contributed by atoms with Crippen molar-refractivity contribution in [2.24, 2.45) is 15.9 Å². The summed E-state index contributed by atoms with van der Waals surface area (Å²) in [5, 5.41) is 2.89. The van der Waals surface area contributed by atoms with Crippen molar-refractivity contribution in [2.45, 2.75) is 11.8 Å². The maximum atomic E-state index is 12.1. The Labute approximate surface area is 157 Å². The van der Waals surface area contributed by atoms with E-state index in [-0.39, 0.29) is 10.7 Å². The van der Waals surface area contributed by atoms with Crippen LogP contribution in [0.4, 0.5) is 5.69 Å². The summed E-state index contributed by atoms with van der Waals surface area (Å²) in [6, 6.07) is 12.6. The Hall–Kier alpha value is -3.33. The molecule has 0 spiro atoms. The lowest BCUT2D eigenvalue weighted by Crippen LogP contribution is -2.24. The third kappa shape index (κ3) is 5.86. The molecule has 0 saturated carbocycles. The molecule has 0 aliphatic carbocycles. The highest BCUT2D eigenvalue weighted by Crippen LogP contribution is 2.16. The molecule has 0 radical (unpaired) electrons. The van der Waals surface area contributed by atoms with Crippen molar-refractivity contribution in [2.75, 3.05) is 11.9 Å². The number of ether oxygens (including phenoxy) is 1. The van der Waals surface area contributed by atoms with Gasteiger partial charge in [0, 0.05) is 23.5 Å². The number of hydrogen-bond acceptors (Lipinski definition) is 5. The molecule has 0 fully saturated rings. The Bertz CT molecular complexity index is 946. The van der Waals surface area contributed by atoms with Crippen LogP contribution in [-0.4, -0.2) is 26.8 Å². The van der Waals surface area contributed by atoms with Gasteiger partial charge in [0.1, 0.15) is 5.75 Å². The number of hydrogen-bond donors (Lipinski definition) is 3. The third-order valence-corrected chi connectivity index (χ3v) is 4.63. The van der Waals surface area contributed by atoms with Crippen molar-refractivity contribution >= 4 is 27.5 Å². The minimum atomic E-state index is -3.93. The first-order chi connectivity index (χ1) is 12.8. The van der Waals surface area contributed by atoms with E-state index in [1.807, 2.05) is 6.92 Å². The number of rotatable bonds is 8. The average Bonchev–Trinajstić information content (AvgIpc) is 2.62. The fourth-order valence-corrected chi connectivity index (χ4v) is 2.97. The van der Waals surface area contributed by atoms with Gasteiger partial charge < -0.3 is 21.5 Å². The molecule has 0 saturated heterocycles. The van der Waals surface area contributed by atoms with E-state index in [0.29, 0.717) is 23.6 Å². The fraction of sp³-hybridized carbons (Fsp3) is 0.111. The van der Waals surface area contributed by atoms with Crippen LogP contribution in [0.15, 0.2) is 70.1 Å². The van der Waals surface area contributed by atoms with Crippen LogP contribution in [0.1, 0.15) is 17.3 Å². The largest absolute Gasteiger partial charge is 0.494 e. The van der Waals surface area contributed by atoms with E-state index >= 15 is 0 Å². The molecular weight excluding hydrogens is 368 g/mol. The normalized spacial score (nSPS) is 11.1. The van der Waals surface area contributed by atoms with Gasteiger partial charge in [-0.25, -0.2) is 0 Å². The zero-order valence-corrected chi connectivity index (χ0v) is 15.4. The number of carbonyl (C=O) groups is 1. The first-order valence-corrected chi connectivity index (χ1v) is 9.42. The molecular formula is C18H20N4O4S. The molecule has 0 heterocycles. The predicted octanol–water partition coefficient (Wildman–Crippen LogP) is 1.86. The van der Waals surface area contributed by atoms with Gasteiger partial charge in [-0.1, -0.05) is 0 Å². The second kappa shape index (κ2) is 8.86. The van der Waals surface area contributed by atoms with Crippen LogP contribution in [0, 0.1) is 0 Å². The van der Waals surface area contributed by atoms with Crippen molar-refractivity contribution in [1.29, 1.82) is 0 Å². The second-order valence-electron chi connectivity index (χ2n) is 5.31. The molecule has 0 atom stereocenters.